The second kappa shape index (κ2) is 15.2. The lowest BCUT2D eigenvalue weighted by Crippen LogP contribution is -2.57. The van der Waals surface area contributed by atoms with E-state index in [-0.39, 0.29) is 18.6 Å². The quantitative estimate of drug-likeness (QED) is 0.159. The zero-order valence-corrected chi connectivity index (χ0v) is 20.6. The normalized spacial score (nSPS) is 13.1. The van der Waals surface area contributed by atoms with E-state index in [1.54, 1.807) is 36.4 Å². The fourth-order valence-corrected chi connectivity index (χ4v) is 3.61. The number of hydrogen-bond acceptors (Lipinski definition) is 7. The van der Waals surface area contributed by atoms with Crippen molar-refractivity contribution in [3.63, 3.8) is 0 Å². The summed E-state index contributed by atoms with van der Waals surface area (Å²) in [6.07, 6.45) is 1.97. The zero-order valence-electron chi connectivity index (χ0n) is 20.6. The number of nitrogens with two attached hydrogens (primary N) is 2. The molecule has 200 valence electrons. The van der Waals surface area contributed by atoms with E-state index in [0.717, 1.165) is 12.0 Å². The number of unbranched alkanes of at least 4 members (excludes halogenated alkanes) is 1. The van der Waals surface area contributed by atoms with Crippen LogP contribution in [0.3, 0.4) is 0 Å². The number of aliphatic carboxylic acids is 1. The minimum absolute atomic E-state index is 0.0298. The number of benzene rings is 2. The van der Waals surface area contributed by atoms with E-state index in [1.807, 2.05) is 6.07 Å². The molecule has 11 heteroatoms. The first kappa shape index (κ1) is 29.3. The second-order valence-corrected chi connectivity index (χ2v) is 8.69. The Morgan fingerprint density at radius 2 is 1.35 bits per heavy atom. The van der Waals surface area contributed by atoms with Crippen LogP contribution in [0.2, 0.25) is 0 Å². The number of phenolic OH excluding ortho intramolecular Hbond substituents is 1. The molecule has 0 saturated heterocycles. The van der Waals surface area contributed by atoms with Crippen molar-refractivity contribution in [1.82, 2.24) is 16.0 Å². The van der Waals surface area contributed by atoms with Crippen molar-refractivity contribution < 1.29 is 29.4 Å². The highest BCUT2D eigenvalue weighted by Crippen LogP contribution is 2.12. The standard InChI is InChI=1S/C26H35N5O6/c27-13-5-4-8-20(28)24(35)30-22(14-17-6-2-1-3-7-17)26(37)31-21(25(36)29-16-23(33)34)15-18-9-11-19(32)12-10-18/h1-3,6-7,9-12,20-22,32H,4-5,8,13-16,27-28H2,(H,29,36)(H,30,35)(H,31,37)(H,33,34). The van der Waals surface area contributed by atoms with E-state index in [0.29, 0.717) is 24.9 Å². The summed E-state index contributed by atoms with van der Waals surface area (Å²) in [5.74, 6) is -3.03. The van der Waals surface area contributed by atoms with Gasteiger partial charge < -0.3 is 37.6 Å². The molecule has 37 heavy (non-hydrogen) atoms. The first-order valence-electron chi connectivity index (χ1n) is 12.1. The Kier molecular flexibility index (Phi) is 12.0. The summed E-state index contributed by atoms with van der Waals surface area (Å²) in [6.45, 7) is -0.137. The summed E-state index contributed by atoms with van der Waals surface area (Å²) in [6, 6.07) is 12.1. The van der Waals surface area contributed by atoms with Crippen molar-refractivity contribution in [3.8, 4) is 5.75 Å². The average molecular weight is 514 g/mol. The summed E-state index contributed by atoms with van der Waals surface area (Å²) < 4.78 is 0. The molecule has 0 radical (unpaired) electrons. The Balaban J connectivity index is 2.21. The van der Waals surface area contributed by atoms with E-state index in [4.69, 9.17) is 16.6 Å². The number of hydrogen-bond donors (Lipinski definition) is 7. The van der Waals surface area contributed by atoms with Gasteiger partial charge in [-0.25, -0.2) is 0 Å². The molecule has 11 nitrogen and oxygen atoms in total. The maximum Gasteiger partial charge on any atom is 0.322 e. The van der Waals surface area contributed by atoms with Crippen molar-refractivity contribution in [2.45, 2.75) is 50.2 Å². The van der Waals surface area contributed by atoms with Gasteiger partial charge in [0, 0.05) is 12.8 Å². The number of carboxylic acid groups (broad SMARTS) is 1. The van der Waals surface area contributed by atoms with Crippen LogP contribution in [0.5, 0.6) is 5.75 Å². The first-order chi connectivity index (χ1) is 17.7. The molecule has 0 spiro atoms. The fourth-order valence-electron chi connectivity index (χ4n) is 3.61. The lowest BCUT2D eigenvalue weighted by atomic mass is 10.0. The van der Waals surface area contributed by atoms with E-state index >= 15 is 0 Å². The van der Waals surface area contributed by atoms with Gasteiger partial charge in [0.2, 0.25) is 17.7 Å². The summed E-state index contributed by atoms with van der Waals surface area (Å²) in [4.78, 5) is 49.8. The van der Waals surface area contributed by atoms with Crippen molar-refractivity contribution in [2.24, 2.45) is 11.5 Å². The number of rotatable bonds is 15. The molecule has 0 fully saturated rings. The molecule has 0 aliphatic carbocycles. The second-order valence-electron chi connectivity index (χ2n) is 8.69. The largest absolute Gasteiger partial charge is 0.508 e. The van der Waals surface area contributed by atoms with Crippen LogP contribution in [0.15, 0.2) is 54.6 Å². The molecular weight excluding hydrogens is 478 g/mol. The molecule has 0 aliphatic rings. The SMILES string of the molecule is NCCCCC(N)C(=O)NC(Cc1ccccc1)C(=O)NC(Cc1ccc(O)cc1)C(=O)NCC(=O)O. The van der Waals surface area contributed by atoms with Gasteiger partial charge in [-0.05, 0) is 42.6 Å². The van der Waals surface area contributed by atoms with Gasteiger partial charge in [0.1, 0.15) is 24.4 Å². The summed E-state index contributed by atoms with van der Waals surface area (Å²) in [7, 11) is 0. The maximum absolute atomic E-state index is 13.3. The lowest BCUT2D eigenvalue weighted by Gasteiger charge is -2.24. The van der Waals surface area contributed by atoms with Crippen LogP contribution in [0.1, 0.15) is 30.4 Å². The van der Waals surface area contributed by atoms with Gasteiger partial charge in [-0.3, -0.25) is 19.2 Å². The molecule has 3 unspecified atom stereocenters. The number of phenols is 1. The molecule has 2 aromatic rings. The minimum Gasteiger partial charge on any atom is -0.508 e. The van der Waals surface area contributed by atoms with Crippen molar-refractivity contribution in [2.75, 3.05) is 13.1 Å². The highest BCUT2D eigenvalue weighted by atomic mass is 16.4. The Hall–Kier alpha value is -3.96. The van der Waals surface area contributed by atoms with Crippen LogP contribution in [0, 0.1) is 0 Å². The Labute approximate surface area is 215 Å². The van der Waals surface area contributed by atoms with E-state index < -0.39 is 48.4 Å². The molecule has 2 rings (SSSR count). The molecule has 0 heterocycles. The Morgan fingerprint density at radius 1 is 0.784 bits per heavy atom. The highest BCUT2D eigenvalue weighted by Gasteiger charge is 2.28. The van der Waals surface area contributed by atoms with Gasteiger partial charge in [-0.15, -0.1) is 0 Å². The van der Waals surface area contributed by atoms with Gasteiger partial charge >= 0.3 is 5.97 Å². The van der Waals surface area contributed by atoms with Crippen LogP contribution in [-0.4, -0.2) is 65.1 Å². The average Bonchev–Trinajstić information content (AvgIpc) is 2.88. The van der Waals surface area contributed by atoms with E-state index in [1.165, 1.54) is 12.1 Å². The zero-order chi connectivity index (χ0) is 27.2. The van der Waals surface area contributed by atoms with E-state index in [9.17, 15) is 24.3 Å². The van der Waals surface area contributed by atoms with Crippen LogP contribution in [0.4, 0.5) is 0 Å². The van der Waals surface area contributed by atoms with Crippen LogP contribution >= 0.6 is 0 Å². The fraction of sp³-hybridized carbons (Fsp3) is 0.385. The number of aromatic hydroxyl groups is 1. The minimum atomic E-state index is -1.24. The topological polar surface area (TPSA) is 197 Å². The van der Waals surface area contributed by atoms with Gasteiger partial charge in [-0.2, -0.15) is 0 Å². The van der Waals surface area contributed by atoms with Crippen molar-refractivity contribution in [1.29, 1.82) is 0 Å². The molecule has 3 atom stereocenters. The van der Waals surface area contributed by atoms with Crippen molar-refractivity contribution >= 4 is 23.7 Å². The molecule has 0 aromatic heterocycles. The van der Waals surface area contributed by atoms with Gasteiger partial charge in [0.15, 0.2) is 0 Å². The monoisotopic (exact) mass is 513 g/mol. The number of carbonyl (C=O) groups excluding carboxylic acids is 3. The summed E-state index contributed by atoms with van der Waals surface area (Å²) in [5, 5.41) is 26.1. The molecule has 2 aromatic carbocycles. The maximum atomic E-state index is 13.3. The van der Waals surface area contributed by atoms with E-state index in [2.05, 4.69) is 16.0 Å². The van der Waals surface area contributed by atoms with Crippen LogP contribution < -0.4 is 27.4 Å². The smallest absolute Gasteiger partial charge is 0.322 e. The molecule has 3 amide bonds. The number of nitrogens with one attached hydrogen (secondary N) is 3. The number of carbonyl (C=O) groups is 4. The van der Waals surface area contributed by atoms with Crippen molar-refractivity contribution in [3.05, 3.63) is 65.7 Å². The highest BCUT2D eigenvalue weighted by molar-refractivity contribution is 5.94. The van der Waals surface area contributed by atoms with Gasteiger partial charge in [0.25, 0.3) is 0 Å². The predicted octanol–water partition coefficient (Wildman–Crippen LogP) is -0.196. The van der Waals surface area contributed by atoms with Crippen LogP contribution in [0.25, 0.3) is 0 Å². The molecule has 0 aliphatic heterocycles. The third kappa shape index (κ3) is 10.7. The number of amides is 3. The molecular formula is C26H35N5O6. The first-order valence-corrected chi connectivity index (χ1v) is 12.1. The summed E-state index contributed by atoms with van der Waals surface area (Å²) >= 11 is 0. The van der Waals surface area contributed by atoms with Crippen LogP contribution in [-0.2, 0) is 32.0 Å². The predicted molar refractivity (Wildman–Crippen MR) is 137 cm³/mol. The lowest BCUT2D eigenvalue weighted by molar-refractivity contribution is -0.138. The molecule has 0 saturated carbocycles. The summed E-state index contributed by atoms with van der Waals surface area (Å²) in [5.41, 5.74) is 12.9. The Bertz CT molecular complexity index is 1030. The molecule has 0 bridgehead atoms. The van der Waals surface area contributed by atoms with Gasteiger partial charge in [-0.1, -0.05) is 48.9 Å². The third-order valence-corrected chi connectivity index (χ3v) is 5.64. The third-order valence-electron chi connectivity index (χ3n) is 5.64. The van der Waals surface area contributed by atoms with Gasteiger partial charge in [0.05, 0.1) is 6.04 Å². The molecule has 9 N–H and O–H groups in total. The Morgan fingerprint density at radius 3 is 1.95 bits per heavy atom. The number of carboxylic acids is 1.